The molecular weight excluding hydrogens is 481 g/mol. The molecule has 34 heavy (non-hydrogen) atoms. The molecule has 2 amide bonds. The molecule has 172 valence electrons. The second-order valence-corrected chi connectivity index (χ2v) is 8.57. The lowest BCUT2D eigenvalue weighted by Gasteiger charge is -2.13. The van der Waals surface area contributed by atoms with Crippen molar-refractivity contribution >= 4 is 46.6 Å². The maximum absolute atomic E-state index is 13.3. The Labute approximate surface area is 203 Å². The van der Waals surface area contributed by atoms with Gasteiger partial charge in [-0.25, -0.2) is 9.18 Å². The molecule has 9 heteroatoms. The lowest BCUT2D eigenvalue weighted by Crippen LogP contribution is -2.27. The number of hydrogen-bond donors (Lipinski definition) is 0. The minimum absolute atomic E-state index is 0.0797. The second-order valence-electron chi connectivity index (χ2n) is 7.17. The molecule has 1 aliphatic heterocycles. The Bertz CT molecular complexity index is 1310. The summed E-state index contributed by atoms with van der Waals surface area (Å²) in [6.45, 7) is -0.0797. The highest BCUT2D eigenvalue weighted by Gasteiger charge is 2.35. The fourth-order valence-electron chi connectivity index (χ4n) is 3.20. The molecule has 1 saturated heterocycles. The zero-order chi connectivity index (χ0) is 24.2. The van der Waals surface area contributed by atoms with Crippen LogP contribution in [0.3, 0.4) is 0 Å². The second kappa shape index (κ2) is 10.1. The summed E-state index contributed by atoms with van der Waals surface area (Å²) in [5.41, 5.74) is 1.35. The van der Waals surface area contributed by atoms with Crippen molar-refractivity contribution in [1.29, 1.82) is 0 Å². The van der Waals surface area contributed by atoms with Gasteiger partial charge in [-0.2, -0.15) is 0 Å². The Balaban J connectivity index is 1.56. The molecule has 0 unspecified atom stereocenters. The molecule has 0 radical (unpaired) electrons. The topological polar surface area (TPSA) is 72.9 Å². The van der Waals surface area contributed by atoms with E-state index in [0.717, 1.165) is 22.7 Å². The molecule has 3 aromatic rings. The summed E-state index contributed by atoms with van der Waals surface area (Å²) >= 11 is 6.81. The Morgan fingerprint density at radius 2 is 1.82 bits per heavy atom. The van der Waals surface area contributed by atoms with Crippen LogP contribution in [0.4, 0.5) is 9.18 Å². The van der Waals surface area contributed by atoms with Crippen LogP contribution in [0.15, 0.2) is 71.6 Å². The molecule has 1 heterocycles. The maximum atomic E-state index is 13.3. The van der Waals surface area contributed by atoms with Crippen LogP contribution in [-0.2, 0) is 11.3 Å². The molecule has 0 N–H and O–H groups in total. The van der Waals surface area contributed by atoms with Gasteiger partial charge in [0.05, 0.1) is 24.1 Å². The van der Waals surface area contributed by atoms with Gasteiger partial charge < -0.3 is 9.47 Å². The number of nitrogens with zero attached hydrogens (tertiary/aromatic N) is 1. The molecule has 6 nitrogen and oxygen atoms in total. The minimum atomic E-state index is -0.562. The number of ether oxygens (including phenoxy) is 2. The number of carbonyl (C=O) groups excluding carboxylic acids is 3. The van der Waals surface area contributed by atoms with Gasteiger partial charge in [-0.05, 0) is 65.4 Å². The molecule has 0 aliphatic carbocycles. The first-order chi connectivity index (χ1) is 16.4. The van der Waals surface area contributed by atoms with E-state index in [-0.39, 0.29) is 22.2 Å². The van der Waals surface area contributed by atoms with E-state index < -0.39 is 22.9 Å². The lowest BCUT2D eigenvalue weighted by molar-refractivity contribution is -0.123. The minimum Gasteiger partial charge on any atom is -0.493 e. The van der Waals surface area contributed by atoms with Crippen molar-refractivity contribution in [2.24, 2.45) is 0 Å². The predicted octanol–water partition coefficient (Wildman–Crippen LogP) is 5.94. The van der Waals surface area contributed by atoms with Gasteiger partial charge >= 0.3 is 5.97 Å². The third-order valence-electron chi connectivity index (χ3n) is 4.91. The number of hydrogen-bond acceptors (Lipinski definition) is 6. The summed E-state index contributed by atoms with van der Waals surface area (Å²) in [5.74, 6) is -1.07. The highest BCUT2D eigenvalue weighted by Crippen LogP contribution is 2.36. The fourth-order valence-corrected chi connectivity index (χ4v) is 4.27. The highest BCUT2D eigenvalue weighted by atomic mass is 35.5. The zero-order valence-electron chi connectivity index (χ0n) is 17.8. The number of esters is 1. The monoisotopic (exact) mass is 497 g/mol. The van der Waals surface area contributed by atoms with Crippen LogP contribution in [0.5, 0.6) is 11.5 Å². The first kappa shape index (κ1) is 23.5. The Morgan fingerprint density at radius 1 is 1.06 bits per heavy atom. The van der Waals surface area contributed by atoms with Gasteiger partial charge in [-0.3, -0.25) is 14.5 Å². The van der Waals surface area contributed by atoms with E-state index in [2.05, 4.69) is 0 Å². The van der Waals surface area contributed by atoms with Crippen LogP contribution in [0.2, 0.25) is 5.02 Å². The third kappa shape index (κ3) is 5.13. The van der Waals surface area contributed by atoms with Crippen LogP contribution in [0.1, 0.15) is 21.5 Å². The number of imide groups is 1. The SMILES string of the molecule is COc1ccc(/C=C2\SC(=O)N(Cc3ccc(F)cc3Cl)C2=O)cc1OC(=O)c1ccccc1. The van der Waals surface area contributed by atoms with Crippen molar-refractivity contribution in [2.45, 2.75) is 6.54 Å². The zero-order valence-corrected chi connectivity index (χ0v) is 19.4. The van der Waals surface area contributed by atoms with Crippen LogP contribution >= 0.6 is 23.4 Å². The molecule has 0 bridgehead atoms. The Kier molecular flexibility index (Phi) is 7.00. The van der Waals surface area contributed by atoms with E-state index in [4.69, 9.17) is 21.1 Å². The van der Waals surface area contributed by atoms with E-state index in [1.807, 2.05) is 0 Å². The van der Waals surface area contributed by atoms with E-state index >= 15 is 0 Å². The highest BCUT2D eigenvalue weighted by molar-refractivity contribution is 8.18. The van der Waals surface area contributed by atoms with Crippen molar-refractivity contribution in [3.05, 3.63) is 99.2 Å². The van der Waals surface area contributed by atoms with E-state index in [1.165, 1.54) is 25.3 Å². The van der Waals surface area contributed by atoms with E-state index in [0.29, 0.717) is 22.4 Å². The molecule has 0 aromatic heterocycles. The summed E-state index contributed by atoms with van der Waals surface area (Å²) in [5, 5.41) is -0.344. The molecule has 0 spiro atoms. The lowest BCUT2D eigenvalue weighted by atomic mass is 10.1. The van der Waals surface area contributed by atoms with Crippen LogP contribution in [0.25, 0.3) is 6.08 Å². The number of thioether (sulfide) groups is 1. The largest absolute Gasteiger partial charge is 0.493 e. The van der Waals surface area contributed by atoms with Crippen molar-refractivity contribution in [3.63, 3.8) is 0 Å². The summed E-state index contributed by atoms with van der Waals surface area (Å²) in [6, 6.07) is 17.1. The number of amides is 2. The van der Waals surface area contributed by atoms with Crippen LogP contribution in [-0.4, -0.2) is 29.1 Å². The Morgan fingerprint density at radius 3 is 2.53 bits per heavy atom. The van der Waals surface area contributed by atoms with Gasteiger partial charge in [0.1, 0.15) is 5.82 Å². The smallest absolute Gasteiger partial charge is 0.343 e. The normalized spacial score (nSPS) is 14.6. The van der Waals surface area contributed by atoms with Gasteiger partial charge in [-0.15, -0.1) is 0 Å². The van der Waals surface area contributed by atoms with E-state index in [1.54, 1.807) is 48.5 Å². The molecule has 0 atom stereocenters. The maximum Gasteiger partial charge on any atom is 0.343 e. The van der Waals surface area contributed by atoms with Gasteiger partial charge in [0.15, 0.2) is 11.5 Å². The van der Waals surface area contributed by atoms with Gasteiger partial charge in [0, 0.05) is 5.02 Å². The van der Waals surface area contributed by atoms with Crippen molar-refractivity contribution in [3.8, 4) is 11.5 Å². The quantitative estimate of drug-likeness (QED) is 0.238. The van der Waals surface area contributed by atoms with Crippen molar-refractivity contribution in [1.82, 2.24) is 4.90 Å². The number of benzene rings is 3. The van der Waals surface area contributed by atoms with E-state index in [9.17, 15) is 18.8 Å². The summed E-state index contributed by atoms with van der Waals surface area (Å²) in [6.07, 6.45) is 1.52. The average Bonchev–Trinajstić information content (AvgIpc) is 3.08. The Hall–Kier alpha value is -3.62. The number of rotatable bonds is 6. The van der Waals surface area contributed by atoms with Crippen molar-refractivity contribution < 1.29 is 28.2 Å². The third-order valence-corrected chi connectivity index (χ3v) is 6.17. The summed E-state index contributed by atoms with van der Waals surface area (Å²) < 4.78 is 24.1. The number of halogens is 2. The molecule has 4 rings (SSSR count). The number of methoxy groups -OCH3 is 1. The fraction of sp³-hybridized carbons (Fsp3) is 0.0800. The summed E-state index contributed by atoms with van der Waals surface area (Å²) in [7, 11) is 1.45. The molecule has 3 aromatic carbocycles. The number of carbonyl (C=O) groups is 3. The standard InChI is InChI=1S/C25H17ClFNO5S/c1-32-20-10-7-15(11-21(20)33-24(30)16-5-3-2-4-6-16)12-22-23(29)28(25(31)34-22)14-17-8-9-18(27)13-19(17)26/h2-13H,14H2,1H3/b22-12-. The first-order valence-electron chi connectivity index (χ1n) is 10.0. The molecular formula is C25H17ClFNO5S. The molecule has 1 aliphatic rings. The average molecular weight is 498 g/mol. The molecule has 1 fully saturated rings. The van der Waals surface area contributed by atoms with Crippen LogP contribution in [0, 0.1) is 5.82 Å². The van der Waals surface area contributed by atoms with Gasteiger partial charge in [0.25, 0.3) is 11.1 Å². The van der Waals surface area contributed by atoms with Crippen LogP contribution < -0.4 is 9.47 Å². The van der Waals surface area contributed by atoms with Crippen molar-refractivity contribution in [2.75, 3.05) is 7.11 Å². The predicted molar refractivity (Wildman–Crippen MR) is 127 cm³/mol. The van der Waals surface area contributed by atoms with Gasteiger partial charge in [-0.1, -0.05) is 41.9 Å². The summed E-state index contributed by atoms with van der Waals surface area (Å²) in [4.78, 5) is 39.0. The first-order valence-corrected chi connectivity index (χ1v) is 11.2. The molecule has 0 saturated carbocycles. The van der Waals surface area contributed by atoms with Gasteiger partial charge in [0.2, 0.25) is 0 Å².